The van der Waals surface area contributed by atoms with Crippen molar-refractivity contribution in [2.75, 3.05) is 5.73 Å². The van der Waals surface area contributed by atoms with Gasteiger partial charge in [0.25, 0.3) is 11.5 Å². The lowest BCUT2D eigenvalue weighted by Gasteiger charge is -2.05. The number of anilines is 1. The van der Waals surface area contributed by atoms with Gasteiger partial charge in [0.15, 0.2) is 0 Å². The number of nitrogens with zero attached hydrogens (tertiary/aromatic N) is 1. The molecule has 1 aromatic heterocycles. The highest BCUT2D eigenvalue weighted by molar-refractivity contribution is 5.83. The molecular formula is C7H10N4O3. The highest BCUT2D eigenvalue weighted by Crippen LogP contribution is 1.85. The third kappa shape index (κ3) is 1.72. The summed E-state index contributed by atoms with van der Waals surface area (Å²) in [6, 6.07) is 0.0271. The number of carbonyl (C=O) groups excluding carboxylic acids is 1. The predicted octanol–water partition coefficient (Wildman–Crippen LogP) is -1.89. The Kier molecular flexibility index (Phi) is 2.52. The van der Waals surface area contributed by atoms with E-state index in [4.69, 9.17) is 11.5 Å². The van der Waals surface area contributed by atoms with Crippen LogP contribution < -0.4 is 22.7 Å². The number of aromatic amines is 1. The second-order valence-electron chi connectivity index (χ2n) is 2.83. The van der Waals surface area contributed by atoms with Crippen LogP contribution in [-0.4, -0.2) is 21.5 Å². The van der Waals surface area contributed by atoms with Crippen molar-refractivity contribution in [2.24, 2.45) is 5.73 Å². The molecule has 0 spiro atoms. The molecule has 0 aliphatic rings. The fourth-order valence-corrected chi connectivity index (χ4v) is 0.925. The largest absolute Gasteiger partial charge is 0.385 e. The van der Waals surface area contributed by atoms with E-state index in [0.717, 1.165) is 6.07 Å². The molecule has 0 fully saturated rings. The van der Waals surface area contributed by atoms with Gasteiger partial charge in [-0.3, -0.25) is 14.6 Å². The molecule has 1 rings (SSSR count). The summed E-state index contributed by atoms with van der Waals surface area (Å²) in [5, 5.41) is 0. The second kappa shape index (κ2) is 3.46. The molecule has 7 heteroatoms. The maximum Gasteiger partial charge on any atom is 0.336 e. The molecule has 0 saturated heterocycles. The average molecular weight is 198 g/mol. The number of rotatable bonds is 1. The molecule has 0 aromatic carbocycles. The van der Waals surface area contributed by atoms with Crippen LogP contribution in [0.3, 0.4) is 0 Å². The number of hydrogen-bond acceptors (Lipinski definition) is 5. The van der Waals surface area contributed by atoms with Crippen molar-refractivity contribution in [1.82, 2.24) is 9.55 Å². The molecule has 76 valence electrons. The molecule has 0 saturated carbocycles. The van der Waals surface area contributed by atoms with Crippen molar-refractivity contribution in [2.45, 2.75) is 13.0 Å². The normalized spacial score (nSPS) is 12.4. The van der Waals surface area contributed by atoms with Gasteiger partial charge >= 0.3 is 5.69 Å². The molecule has 0 unspecified atom stereocenters. The van der Waals surface area contributed by atoms with Crippen LogP contribution in [0.5, 0.6) is 0 Å². The summed E-state index contributed by atoms with van der Waals surface area (Å²) in [6.45, 7) is 1.38. The Labute approximate surface area is 78.3 Å². The first-order valence-electron chi connectivity index (χ1n) is 3.85. The fraction of sp³-hybridized carbons (Fsp3) is 0.286. The van der Waals surface area contributed by atoms with Crippen molar-refractivity contribution in [3.05, 3.63) is 26.9 Å². The van der Waals surface area contributed by atoms with Gasteiger partial charge in [-0.1, -0.05) is 0 Å². The monoisotopic (exact) mass is 198 g/mol. The van der Waals surface area contributed by atoms with E-state index in [-0.39, 0.29) is 5.82 Å². The van der Waals surface area contributed by atoms with Gasteiger partial charge in [-0.15, -0.1) is 0 Å². The Hall–Kier alpha value is -1.89. The van der Waals surface area contributed by atoms with E-state index in [0.29, 0.717) is 4.57 Å². The van der Waals surface area contributed by atoms with E-state index in [1.807, 2.05) is 0 Å². The first-order valence-corrected chi connectivity index (χ1v) is 3.85. The van der Waals surface area contributed by atoms with Crippen LogP contribution in [-0.2, 0) is 0 Å². The average Bonchev–Trinajstić information content (AvgIpc) is 2.01. The van der Waals surface area contributed by atoms with Crippen molar-refractivity contribution >= 4 is 11.7 Å². The highest BCUT2D eigenvalue weighted by atomic mass is 16.2. The Bertz CT molecular complexity index is 439. The molecule has 0 amide bonds. The van der Waals surface area contributed by atoms with Crippen molar-refractivity contribution in [3.63, 3.8) is 0 Å². The third-order valence-electron chi connectivity index (χ3n) is 1.56. The topological polar surface area (TPSA) is 124 Å². The molecule has 7 nitrogen and oxygen atoms in total. The Balaban J connectivity index is 3.44. The number of nitrogen functional groups attached to an aromatic ring is 1. The highest BCUT2D eigenvalue weighted by Gasteiger charge is 2.15. The molecule has 0 aliphatic heterocycles. The number of nitrogens with one attached hydrogen (secondary N) is 1. The lowest BCUT2D eigenvalue weighted by molar-refractivity contribution is 0.0876. The third-order valence-corrected chi connectivity index (χ3v) is 1.56. The minimum absolute atomic E-state index is 0.0891. The van der Waals surface area contributed by atoms with E-state index >= 15 is 0 Å². The lowest BCUT2D eigenvalue weighted by Crippen LogP contribution is -2.46. The van der Waals surface area contributed by atoms with Crippen LogP contribution in [0.15, 0.2) is 15.7 Å². The van der Waals surface area contributed by atoms with E-state index in [1.54, 1.807) is 0 Å². The number of carbonyl (C=O) groups is 1. The molecule has 0 aliphatic carbocycles. The van der Waals surface area contributed by atoms with E-state index in [1.165, 1.54) is 6.92 Å². The van der Waals surface area contributed by atoms with Gasteiger partial charge in [0, 0.05) is 6.07 Å². The molecule has 14 heavy (non-hydrogen) atoms. The summed E-state index contributed by atoms with van der Waals surface area (Å²) in [5.41, 5.74) is 8.78. The zero-order chi connectivity index (χ0) is 10.9. The van der Waals surface area contributed by atoms with E-state index in [9.17, 15) is 14.4 Å². The maximum atomic E-state index is 11.3. The van der Waals surface area contributed by atoms with Gasteiger partial charge in [-0.25, -0.2) is 4.79 Å². The fourth-order valence-electron chi connectivity index (χ4n) is 0.925. The van der Waals surface area contributed by atoms with Crippen LogP contribution >= 0.6 is 0 Å². The van der Waals surface area contributed by atoms with Crippen LogP contribution in [0.2, 0.25) is 0 Å². The van der Waals surface area contributed by atoms with Crippen molar-refractivity contribution in [3.8, 4) is 0 Å². The summed E-state index contributed by atoms with van der Waals surface area (Å²) in [5.74, 6) is -0.857. The zero-order valence-corrected chi connectivity index (χ0v) is 7.48. The Morgan fingerprint density at radius 3 is 2.57 bits per heavy atom. The molecule has 1 aromatic rings. The summed E-state index contributed by atoms with van der Waals surface area (Å²) >= 11 is 0. The number of H-pyrrole nitrogens is 1. The quantitative estimate of drug-likeness (QED) is 0.486. The first kappa shape index (κ1) is 10.2. The smallest absolute Gasteiger partial charge is 0.336 e. The predicted molar refractivity (Wildman–Crippen MR) is 50.0 cm³/mol. The second-order valence-corrected chi connectivity index (χ2v) is 2.83. The summed E-state index contributed by atoms with van der Waals surface area (Å²) in [7, 11) is 0. The zero-order valence-electron chi connectivity index (χ0n) is 7.48. The van der Waals surface area contributed by atoms with Gasteiger partial charge in [-0.2, -0.15) is 4.57 Å². The molecule has 5 N–H and O–H groups in total. The Morgan fingerprint density at radius 2 is 2.14 bits per heavy atom. The summed E-state index contributed by atoms with van der Waals surface area (Å²) in [4.78, 5) is 35.7. The molecule has 1 atom stereocenters. The van der Waals surface area contributed by atoms with Gasteiger partial charge in [0.1, 0.15) is 5.82 Å². The van der Waals surface area contributed by atoms with Crippen molar-refractivity contribution < 1.29 is 4.79 Å². The molecule has 1 heterocycles. The minimum atomic E-state index is -0.919. The molecular weight excluding hydrogens is 188 g/mol. The Morgan fingerprint density at radius 1 is 1.57 bits per heavy atom. The maximum absolute atomic E-state index is 11.3. The SMILES string of the molecule is C[C@H](N)C(=O)n1c(=O)cc(N)[nH]c1=O. The van der Waals surface area contributed by atoms with E-state index in [2.05, 4.69) is 4.98 Å². The van der Waals surface area contributed by atoms with Crippen LogP contribution in [0.1, 0.15) is 11.7 Å². The number of hydrogen-bond donors (Lipinski definition) is 3. The molecule has 0 radical (unpaired) electrons. The van der Waals surface area contributed by atoms with Crippen LogP contribution in [0.25, 0.3) is 0 Å². The first-order chi connectivity index (χ1) is 6.43. The van der Waals surface area contributed by atoms with Gasteiger partial charge < -0.3 is 11.5 Å². The minimum Gasteiger partial charge on any atom is -0.385 e. The van der Waals surface area contributed by atoms with Gasteiger partial charge in [-0.05, 0) is 6.92 Å². The molecule has 0 bridgehead atoms. The lowest BCUT2D eigenvalue weighted by atomic mass is 10.3. The van der Waals surface area contributed by atoms with Gasteiger partial charge in [0.05, 0.1) is 6.04 Å². The summed E-state index contributed by atoms with van der Waals surface area (Å²) in [6.07, 6.45) is 0. The number of nitrogens with two attached hydrogens (primary N) is 2. The summed E-state index contributed by atoms with van der Waals surface area (Å²) < 4.78 is 0.418. The number of aromatic nitrogens is 2. The van der Waals surface area contributed by atoms with Crippen LogP contribution in [0.4, 0.5) is 5.82 Å². The standard InChI is InChI=1S/C7H10N4O3/c1-3(8)6(13)11-5(12)2-4(9)10-7(11)14/h2-3H,8-9H2,1H3,(H,10,14)/t3-/m0/s1. The van der Waals surface area contributed by atoms with Crippen molar-refractivity contribution in [1.29, 1.82) is 0 Å². The van der Waals surface area contributed by atoms with E-state index < -0.39 is 23.2 Å². The van der Waals surface area contributed by atoms with Gasteiger partial charge in [0.2, 0.25) is 0 Å². The van der Waals surface area contributed by atoms with Crippen LogP contribution in [0, 0.1) is 0 Å².